The minimum atomic E-state index is -0.968. The van der Waals surface area contributed by atoms with Gasteiger partial charge < -0.3 is 10.4 Å². The number of aryl methyl sites for hydroxylation is 1. The lowest BCUT2D eigenvalue weighted by Crippen LogP contribution is -2.51. The van der Waals surface area contributed by atoms with E-state index in [0.29, 0.717) is 12.2 Å². The summed E-state index contributed by atoms with van der Waals surface area (Å²) in [4.78, 5) is 22.6. The molecule has 4 nitrogen and oxygen atoms in total. The Morgan fingerprint density at radius 2 is 2.11 bits per heavy atom. The first kappa shape index (κ1) is 13.0. The Hall–Kier alpha value is -1.49. The summed E-state index contributed by atoms with van der Waals surface area (Å²) in [6.07, 6.45) is 0.642. The van der Waals surface area contributed by atoms with Crippen molar-refractivity contribution in [2.24, 2.45) is 0 Å². The molecule has 1 aromatic rings. The number of benzene rings is 1. The fourth-order valence-corrected chi connectivity index (χ4v) is 3.00. The summed E-state index contributed by atoms with van der Waals surface area (Å²) < 4.78 is 0. The zero-order chi connectivity index (χ0) is 13.1. The fraction of sp³-hybridized carbons (Fsp3) is 0.385. The minimum Gasteiger partial charge on any atom is -0.480 e. The highest BCUT2D eigenvalue weighted by molar-refractivity contribution is 8.00. The maximum absolute atomic E-state index is 11.8. The van der Waals surface area contributed by atoms with Crippen molar-refractivity contribution in [1.29, 1.82) is 0 Å². The number of carboxylic acid groups (broad SMARTS) is 1. The molecule has 1 fully saturated rings. The molecule has 5 heteroatoms. The third-order valence-corrected chi connectivity index (χ3v) is 4.22. The second-order valence-electron chi connectivity index (χ2n) is 4.41. The predicted molar refractivity (Wildman–Crippen MR) is 70.7 cm³/mol. The number of carbonyl (C=O) groups excluding carboxylic acids is 1. The van der Waals surface area contributed by atoms with Crippen molar-refractivity contribution >= 4 is 23.6 Å². The van der Waals surface area contributed by atoms with Gasteiger partial charge in [-0.05, 0) is 18.9 Å². The van der Waals surface area contributed by atoms with Gasteiger partial charge >= 0.3 is 5.97 Å². The van der Waals surface area contributed by atoms with E-state index in [-0.39, 0.29) is 11.2 Å². The highest BCUT2D eigenvalue weighted by Crippen LogP contribution is 2.22. The Morgan fingerprint density at radius 3 is 2.67 bits per heavy atom. The molecule has 1 saturated heterocycles. The third-order valence-electron chi connectivity index (χ3n) is 2.91. The number of aliphatic carboxylic acids is 1. The number of rotatable bonds is 3. The molecule has 0 radical (unpaired) electrons. The molecule has 1 amide bonds. The third kappa shape index (κ3) is 3.04. The Morgan fingerprint density at radius 1 is 1.44 bits per heavy atom. The van der Waals surface area contributed by atoms with Crippen LogP contribution in [-0.2, 0) is 16.0 Å². The summed E-state index contributed by atoms with van der Waals surface area (Å²) in [5.74, 6) is -0.721. The molecule has 1 heterocycles. The summed E-state index contributed by atoms with van der Waals surface area (Å²) in [5, 5.41) is 11.2. The zero-order valence-electron chi connectivity index (χ0n) is 10.1. The van der Waals surface area contributed by atoms with E-state index in [1.165, 1.54) is 17.3 Å². The number of carboxylic acids is 1. The van der Waals surface area contributed by atoms with Crippen molar-refractivity contribution in [2.75, 3.05) is 5.75 Å². The van der Waals surface area contributed by atoms with Crippen LogP contribution in [-0.4, -0.2) is 34.0 Å². The van der Waals surface area contributed by atoms with Crippen LogP contribution in [0.15, 0.2) is 24.3 Å². The van der Waals surface area contributed by atoms with E-state index in [9.17, 15) is 9.59 Å². The van der Waals surface area contributed by atoms with Gasteiger partial charge in [-0.15, -0.1) is 11.8 Å². The molecule has 0 spiro atoms. The van der Waals surface area contributed by atoms with E-state index in [0.717, 1.165) is 5.56 Å². The standard InChI is InChI=1S/C13H15NO3S/c1-8-2-4-9(5-3-8)6-11-12(15)14-10(7-18-11)13(16)17/h2-5,10-11H,6-7H2,1H3,(H,14,15)(H,16,17)/t10-,11-/m1/s1. The van der Waals surface area contributed by atoms with Crippen LogP contribution in [0.2, 0.25) is 0 Å². The second kappa shape index (κ2) is 5.44. The average molecular weight is 265 g/mol. The molecule has 1 aliphatic rings. The minimum absolute atomic E-state index is 0.181. The largest absolute Gasteiger partial charge is 0.480 e. The fourth-order valence-electron chi connectivity index (χ4n) is 1.82. The molecular formula is C13H15NO3S. The second-order valence-corrected chi connectivity index (χ2v) is 5.65. The van der Waals surface area contributed by atoms with E-state index in [1.807, 2.05) is 31.2 Å². The number of amides is 1. The summed E-state index contributed by atoms with van der Waals surface area (Å²) in [7, 11) is 0. The van der Waals surface area contributed by atoms with Gasteiger partial charge in [-0.25, -0.2) is 4.79 Å². The normalized spacial score (nSPS) is 23.5. The van der Waals surface area contributed by atoms with E-state index in [2.05, 4.69) is 5.32 Å². The van der Waals surface area contributed by atoms with Crippen molar-refractivity contribution in [1.82, 2.24) is 5.32 Å². The van der Waals surface area contributed by atoms with Crippen LogP contribution in [0.4, 0.5) is 0 Å². The molecule has 0 aromatic heterocycles. The van der Waals surface area contributed by atoms with Crippen LogP contribution in [0.25, 0.3) is 0 Å². The van der Waals surface area contributed by atoms with Gasteiger partial charge in [-0.1, -0.05) is 29.8 Å². The van der Waals surface area contributed by atoms with Crippen LogP contribution in [0.5, 0.6) is 0 Å². The van der Waals surface area contributed by atoms with Gasteiger partial charge in [-0.2, -0.15) is 0 Å². The highest BCUT2D eigenvalue weighted by atomic mass is 32.2. The van der Waals surface area contributed by atoms with Gasteiger partial charge in [0, 0.05) is 5.75 Å². The molecule has 0 aliphatic carbocycles. The van der Waals surface area contributed by atoms with Crippen molar-refractivity contribution < 1.29 is 14.7 Å². The van der Waals surface area contributed by atoms with Crippen LogP contribution < -0.4 is 5.32 Å². The molecule has 0 unspecified atom stereocenters. The summed E-state index contributed by atoms with van der Waals surface area (Å²) in [6.45, 7) is 2.02. The Kier molecular flexibility index (Phi) is 3.91. The van der Waals surface area contributed by atoms with Crippen molar-refractivity contribution in [3.63, 3.8) is 0 Å². The van der Waals surface area contributed by atoms with Gasteiger partial charge in [0.15, 0.2) is 0 Å². The van der Waals surface area contributed by atoms with E-state index < -0.39 is 12.0 Å². The summed E-state index contributed by atoms with van der Waals surface area (Å²) in [6, 6.07) is 7.29. The van der Waals surface area contributed by atoms with Crippen molar-refractivity contribution in [3.05, 3.63) is 35.4 Å². The monoisotopic (exact) mass is 265 g/mol. The topological polar surface area (TPSA) is 66.4 Å². The Labute approximate surface area is 110 Å². The van der Waals surface area contributed by atoms with E-state index in [4.69, 9.17) is 5.11 Å². The van der Waals surface area contributed by atoms with Gasteiger partial charge in [-0.3, -0.25) is 4.79 Å². The number of hydrogen-bond acceptors (Lipinski definition) is 3. The zero-order valence-corrected chi connectivity index (χ0v) is 10.9. The van der Waals surface area contributed by atoms with Crippen molar-refractivity contribution in [3.8, 4) is 0 Å². The number of carbonyl (C=O) groups is 2. The molecule has 2 rings (SSSR count). The lowest BCUT2D eigenvalue weighted by molar-refractivity contribution is -0.141. The lowest BCUT2D eigenvalue weighted by atomic mass is 10.1. The molecule has 2 atom stereocenters. The predicted octanol–water partition coefficient (Wildman–Crippen LogP) is 1.22. The summed E-state index contributed by atoms with van der Waals surface area (Å²) >= 11 is 1.41. The van der Waals surface area contributed by atoms with Crippen LogP contribution in [0, 0.1) is 6.92 Å². The SMILES string of the molecule is Cc1ccc(C[C@H]2SC[C@H](C(=O)O)NC2=O)cc1. The molecule has 1 aromatic carbocycles. The molecule has 18 heavy (non-hydrogen) atoms. The van der Waals surface area contributed by atoms with Crippen LogP contribution in [0.1, 0.15) is 11.1 Å². The van der Waals surface area contributed by atoms with Crippen LogP contribution >= 0.6 is 11.8 Å². The maximum Gasteiger partial charge on any atom is 0.327 e. The Balaban J connectivity index is 1.97. The summed E-state index contributed by atoms with van der Waals surface area (Å²) in [5.41, 5.74) is 2.28. The molecule has 96 valence electrons. The highest BCUT2D eigenvalue weighted by Gasteiger charge is 2.31. The quantitative estimate of drug-likeness (QED) is 0.862. The van der Waals surface area contributed by atoms with Gasteiger partial charge in [0.1, 0.15) is 6.04 Å². The lowest BCUT2D eigenvalue weighted by Gasteiger charge is -2.26. The molecule has 1 aliphatic heterocycles. The molecule has 0 bridgehead atoms. The number of nitrogens with one attached hydrogen (secondary N) is 1. The maximum atomic E-state index is 11.8. The van der Waals surface area contributed by atoms with E-state index in [1.54, 1.807) is 0 Å². The van der Waals surface area contributed by atoms with Crippen molar-refractivity contribution in [2.45, 2.75) is 24.6 Å². The van der Waals surface area contributed by atoms with Gasteiger partial charge in [0.25, 0.3) is 0 Å². The first-order valence-corrected chi connectivity index (χ1v) is 6.81. The first-order chi connectivity index (χ1) is 8.56. The molecule has 0 saturated carbocycles. The number of thioether (sulfide) groups is 1. The van der Waals surface area contributed by atoms with Gasteiger partial charge in [0.2, 0.25) is 5.91 Å². The van der Waals surface area contributed by atoms with Crippen LogP contribution in [0.3, 0.4) is 0 Å². The Bertz CT molecular complexity index is 458. The average Bonchev–Trinajstić information content (AvgIpc) is 2.34. The number of hydrogen-bond donors (Lipinski definition) is 2. The molecular weight excluding hydrogens is 250 g/mol. The van der Waals surface area contributed by atoms with Gasteiger partial charge in [0.05, 0.1) is 5.25 Å². The molecule has 2 N–H and O–H groups in total. The van der Waals surface area contributed by atoms with E-state index >= 15 is 0 Å². The smallest absolute Gasteiger partial charge is 0.327 e. The first-order valence-electron chi connectivity index (χ1n) is 5.76.